The summed E-state index contributed by atoms with van der Waals surface area (Å²) in [6.45, 7) is 3.43. The van der Waals surface area contributed by atoms with Gasteiger partial charge in [-0.3, -0.25) is 5.43 Å². The van der Waals surface area contributed by atoms with Crippen molar-refractivity contribution in [1.82, 2.24) is 15.0 Å². The zero-order chi connectivity index (χ0) is 13.8. The van der Waals surface area contributed by atoms with Gasteiger partial charge in [-0.25, -0.2) is 5.84 Å². The molecule has 2 heterocycles. The number of aromatic nitrogens is 3. The van der Waals surface area contributed by atoms with E-state index in [-0.39, 0.29) is 18.1 Å². The van der Waals surface area contributed by atoms with Crippen molar-refractivity contribution in [2.75, 3.05) is 30.5 Å². The van der Waals surface area contributed by atoms with E-state index in [0.29, 0.717) is 11.9 Å². The summed E-state index contributed by atoms with van der Waals surface area (Å²) < 4.78 is 5.02. The van der Waals surface area contributed by atoms with Crippen LogP contribution in [0.2, 0.25) is 0 Å². The summed E-state index contributed by atoms with van der Waals surface area (Å²) >= 11 is 0. The van der Waals surface area contributed by atoms with E-state index in [2.05, 4.69) is 20.4 Å². The molecule has 0 bridgehead atoms. The van der Waals surface area contributed by atoms with Crippen LogP contribution in [0.4, 0.5) is 11.9 Å². The molecule has 2 rings (SSSR count). The van der Waals surface area contributed by atoms with Gasteiger partial charge < -0.3 is 14.7 Å². The average molecular weight is 268 g/mol. The molecule has 8 nitrogen and oxygen atoms in total. The van der Waals surface area contributed by atoms with Crippen molar-refractivity contribution >= 4 is 11.9 Å². The van der Waals surface area contributed by atoms with Crippen LogP contribution in [-0.4, -0.2) is 46.4 Å². The first-order chi connectivity index (χ1) is 9.13. The number of hydrogen-bond acceptors (Lipinski definition) is 8. The average Bonchev–Trinajstić information content (AvgIpc) is 2.46. The van der Waals surface area contributed by atoms with Gasteiger partial charge in [-0.15, -0.1) is 0 Å². The van der Waals surface area contributed by atoms with E-state index in [1.807, 2.05) is 11.8 Å². The molecule has 0 radical (unpaired) electrons. The molecular formula is C11H20N6O2. The Hall–Kier alpha value is -1.67. The molecule has 1 atom stereocenters. The Bertz CT molecular complexity index is 397. The Morgan fingerprint density at radius 3 is 2.58 bits per heavy atom. The minimum atomic E-state index is -0.267. The van der Waals surface area contributed by atoms with Gasteiger partial charge in [0.2, 0.25) is 11.9 Å². The lowest BCUT2D eigenvalue weighted by molar-refractivity contribution is 0.109. The molecular weight excluding hydrogens is 248 g/mol. The quantitative estimate of drug-likeness (QED) is 0.507. The zero-order valence-corrected chi connectivity index (χ0v) is 11.2. The second kappa shape index (κ2) is 5.98. The van der Waals surface area contributed by atoms with Gasteiger partial charge in [-0.1, -0.05) is 0 Å². The van der Waals surface area contributed by atoms with Crippen LogP contribution in [-0.2, 0) is 0 Å². The lowest BCUT2D eigenvalue weighted by Crippen LogP contribution is -2.38. The minimum Gasteiger partial charge on any atom is -0.467 e. The molecule has 0 amide bonds. The molecule has 1 fully saturated rings. The Labute approximate surface area is 112 Å². The van der Waals surface area contributed by atoms with Crippen LogP contribution in [0.3, 0.4) is 0 Å². The van der Waals surface area contributed by atoms with Crippen molar-refractivity contribution in [3.05, 3.63) is 0 Å². The number of methoxy groups -OCH3 is 1. The maximum atomic E-state index is 9.59. The third-order valence-electron chi connectivity index (χ3n) is 3.42. The number of hydrogen-bond donors (Lipinski definition) is 3. The van der Waals surface area contributed by atoms with E-state index in [1.54, 1.807) is 0 Å². The summed E-state index contributed by atoms with van der Waals surface area (Å²) in [6.07, 6.45) is 1.56. The Morgan fingerprint density at radius 2 is 2.05 bits per heavy atom. The van der Waals surface area contributed by atoms with Crippen LogP contribution >= 0.6 is 0 Å². The van der Waals surface area contributed by atoms with Gasteiger partial charge in [0.1, 0.15) is 0 Å². The normalized spacial score (nSPS) is 18.2. The molecule has 0 aromatic carbocycles. The predicted octanol–water partition coefficient (Wildman–Crippen LogP) is -0.237. The predicted molar refractivity (Wildman–Crippen MR) is 70.8 cm³/mol. The fraction of sp³-hybridized carbons (Fsp3) is 0.727. The van der Waals surface area contributed by atoms with Crippen molar-refractivity contribution in [3.63, 3.8) is 0 Å². The zero-order valence-electron chi connectivity index (χ0n) is 11.2. The number of aliphatic hydroxyl groups is 1. The van der Waals surface area contributed by atoms with Crippen LogP contribution < -0.4 is 20.9 Å². The van der Waals surface area contributed by atoms with E-state index in [1.165, 1.54) is 7.11 Å². The summed E-state index contributed by atoms with van der Waals surface area (Å²) in [5, 5.41) is 9.59. The summed E-state index contributed by atoms with van der Waals surface area (Å²) in [5.41, 5.74) is 2.40. The topological polar surface area (TPSA) is 109 Å². The lowest BCUT2D eigenvalue weighted by Gasteiger charge is -2.33. The molecule has 106 valence electrons. The summed E-state index contributed by atoms with van der Waals surface area (Å²) in [6, 6.07) is 0.232. The number of ether oxygens (including phenoxy) is 1. The molecule has 1 aromatic heterocycles. The summed E-state index contributed by atoms with van der Waals surface area (Å²) in [4.78, 5) is 14.4. The highest BCUT2D eigenvalue weighted by Gasteiger charge is 2.24. The van der Waals surface area contributed by atoms with Crippen LogP contribution in [0, 0.1) is 5.92 Å². The van der Waals surface area contributed by atoms with Crippen LogP contribution in [0.25, 0.3) is 0 Å². The molecule has 19 heavy (non-hydrogen) atoms. The second-order valence-corrected chi connectivity index (χ2v) is 4.66. The van der Waals surface area contributed by atoms with Gasteiger partial charge in [0, 0.05) is 13.1 Å². The van der Waals surface area contributed by atoms with Gasteiger partial charge in [-0.2, -0.15) is 15.0 Å². The number of rotatable bonds is 4. The summed E-state index contributed by atoms with van der Waals surface area (Å²) in [5.74, 6) is 6.49. The molecule has 1 aliphatic rings. The maximum absolute atomic E-state index is 9.59. The number of nitrogens with two attached hydrogens (primary N) is 1. The Morgan fingerprint density at radius 1 is 1.37 bits per heavy atom. The first-order valence-corrected chi connectivity index (χ1v) is 6.33. The van der Waals surface area contributed by atoms with Crippen molar-refractivity contribution in [2.24, 2.45) is 11.8 Å². The van der Waals surface area contributed by atoms with E-state index in [9.17, 15) is 5.11 Å². The van der Waals surface area contributed by atoms with Crippen molar-refractivity contribution in [3.8, 4) is 6.01 Å². The number of anilines is 2. The maximum Gasteiger partial charge on any atom is 0.322 e. The Balaban J connectivity index is 2.10. The number of piperidine rings is 1. The number of nitrogen functional groups attached to an aromatic ring is 1. The lowest BCUT2D eigenvalue weighted by atomic mass is 9.92. The molecule has 4 N–H and O–H groups in total. The van der Waals surface area contributed by atoms with E-state index in [4.69, 9.17) is 10.6 Å². The minimum absolute atomic E-state index is 0.232. The monoisotopic (exact) mass is 268 g/mol. The van der Waals surface area contributed by atoms with Gasteiger partial charge in [-0.05, 0) is 25.7 Å². The third kappa shape index (κ3) is 3.21. The van der Waals surface area contributed by atoms with Crippen molar-refractivity contribution < 1.29 is 9.84 Å². The second-order valence-electron chi connectivity index (χ2n) is 4.66. The number of nitrogens with zero attached hydrogens (tertiary/aromatic N) is 4. The molecule has 0 spiro atoms. The summed E-state index contributed by atoms with van der Waals surface area (Å²) in [7, 11) is 1.50. The van der Waals surface area contributed by atoms with Gasteiger partial charge in [0.05, 0.1) is 13.2 Å². The largest absolute Gasteiger partial charge is 0.467 e. The van der Waals surface area contributed by atoms with Crippen LogP contribution in [0.5, 0.6) is 6.01 Å². The Kier molecular flexibility index (Phi) is 4.33. The van der Waals surface area contributed by atoms with E-state index < -0.39 is 0 Å². The number of aliphatic hydroxyl groups excluding tert-OH is 1. The van der Waals surface area contributed by atoms with Gasteiger partial charge >= 0.3 is 6.01 Å². The molecule has 1 aliphatic heterocycles. The molecule has 0 saturated carbocycles. The molecule has 8 heteroatoms. The van der Waals surface area contributed by atoms with Crippen molar-refractivity contribution in [2.45, 2.75) is 25.9 Å². The SMILES string of the molecule is COc1nc(NN)nc(N2CCC(C(C)O)CC2)n1. The molecule has 0 aliphatic carbocycles. The number of hydrazine groups is 1. The highest BCUT2D eigenvalue weighted by atomic mass is 16.5. The van der Waals surface area contributed by atoms with Gasteiger partial charge in [0.25, 0.3) is 0 Å². The first-order valence-electron chi connectivity index (χ1n) is 6.33. The first kappa shape index (κ1) is 13.8. The van der Waals surface area contributed by atoms with Crippen molar-refractivity contribution in [1.29, 1.82) is 0 Å². The van der Waals surface area contributed by atoms with Gasteiger partial charge in [0.15, 0.2) is 0 Å². The van der Waals surface area contributed by atoms with E-state index >= 15 is 0 Å². The fourth-order valence-corrected chi connectivity index (χ4v) is 2.22. The fourth-order valence-electron chi connectivity index (χ4n) is 2.22. The van der Waals surface area contributed by atoms with Crippen LogP contribution in [0.15, 0.2) is 0 Å². The third-order valence-corrected chi connectivity index (χ3v) is 3.42. The standard InChI is InChI=1S/C11H20N6O2/c1-7(18)8-3-5-17(6-4-8)10-13-9(16-12)14-11(15-10)19-2/h7-8,18H,3-6,12H2,1-2H3,(H,13,14,15,16). The highest BCUT2D eigenvalue weighted by molar-refractivity contribution is 5.38. The highest BCUT2D eigenvalue weighted by Crippen LogP contribution is 2.24. The van der Waals surface area contributed by atoms with E-state index in [0.717, 1.165) is 25.9 Å². The molecule has 1 saturated heterocycles. The molecule has 1 unspecified atom stereocenters. The smallest absolute Gasteiger partial charge is 0.322 e. The number of nitrogens with one attached hydrogen (secondary N) is 1. The van der Waals surface area contributed by atoms with Crippen LogP contribution in [0.1, 0.15) is 19.8 Å². The molecule has 1 aromatic rings.